The van der Waals surface area contributed by atoms with Crippen LogP contribution in [0.3, 0.4) is 0 Å². The van der Waals surface area contributed by atoms with Crippen molar-refractivity contribution >= 4 is 5.96 Å². The molecule has 1 aromatic heterocycles. The van der Waals surface area contributed by atoms with Crippen LogP contribution < -0.4 is 24.8 Å². The number of hydrogen-bond acceptors (Lipinski definition) is 5. The van der Waals surface area contributed by atoms with Crippen molar-refractivity contribution in [1.82, 2.24) is 15.6 Å². The van der Waals surface area contributed by atoms with E-state index in [1.54, 1.807) is 20.4 Å². The number of hydrogen-bond donors (Lipinski definition) is 2. The maximum Gasteiger partial charge on any atom is 0.218 e. The highest BCUT2D eigenvalue weighted by Gasteiger charge is 2.07. The lowest BCUT2D eigenvalue weighted by atomic mass is 10.2. The average molecular weight is 401 g/mol. The Labute approximate surface area is 173 Å². The molecule has 29 heavy (non-hydrogen) atoms. The van der Waals surface area contributed by atoms with Crippen LogP contribution in [0.5, 0.6) is 17.4 Å². The van der Waals surface area contributed by atoms with E-state index in [1.807, 2.05) is 37.3 Å². The standard InChI is InChI=1S/C22H32N4O3/c1-5-7-13-29-21-18(9-8-12-24-21)16-26-22(23-6-2)25-15-17-10-11-19(27-3)20(14-17)28-4/h8-12,14H,5-7,13,15-16H2,1-4H3,(H2,23,25,26). The fourth-order valence-electron chi connectivity index (χ4n) is 2.67. The van der Waals surface area contributed by atoms with Crippen LogP contribution in [0, 0.1) is 0 Å². The number of nitrogens with zero attached hydrogens (tertiary/aromatic N) is 2. The van der Waals surface area contributed by atoms with Crippen molar-refractivity contribution in [2.24, 2.45) is 4.99 Å². The van der Waals surface area contributed by atoms with Gasteiger partial charge in [-0.25, -0.2) is 9.98 Å². The van der Waals surface area contributed by atoms with Crippen LogP contribution in [0.15, 0.2) is 41.5 Å². The van der Waals surface area contributed by atoms with Crippen molar-refractivity contribution < 1.29 is 14.2 Å². The second kappa shape index (κ2) is 12.5. The van der Waals surface area contributed by atoms with Crippen molar-refractivity contribution in [1.29, 1.82) is 0 Å². The van der Waals surface area contributed by atoms with E-state index in [0.29, 0.717) is 37.1 Å². The van der Waals surface area contributed by atoms with Gasteiger partial charge in [0.05, 0.1) is 27.4 Å². The van der Waals surface area contributed by atoms with Crippen LogP contribution in [0.25, 0.3) is 0 Å². The predicted molar refractivity (Wildman–Crippen MR) is 116 cm³/mol. The molecule has 0 radical (unpaired) electrons. The monoisotopic (exact) mass is 400 g/mol. The number of benzene rings is 1. The van der Waals surface area contributed by atoms with E-state index in [0.717, 1.165) is 36.5 Å². The molecule has 0 atom stereocenters. The second-order valence-electron chi connectivity index (χ2n) is 6.41. The van der Waals surface area contributed by atoms with Crippen LogP contribution in [0.2, 0.25) is 0 Å². The maximum atomic E-state index is 5.81. The molecule has 0 amide bonds. The fourth-order valence-corrected chi connectivity index (χ4v) is 2.67. The van der Waals surface area contributed by atoms with Gasteiger partial charge in [-0.3, -0.25) is 0 Å². The third-order valence-electron chi connectivity index (χ3n) is 4.24. The summed E-state index contributed by atoms with van der Waals surface area (Å²) in [6.45, 7) is 6.72. The van der Waals surface area contributed by atoms with Gasteiger partial charge in [-0.05, 0) is 37.1 Å². The van der Waals surface area contributed by atoms with E-state index < -0.39 is 0 Å². The van der Waals surface area contributed by atoms with Gasteiger partial charge in [0, 0.05) is 24.8 Å². The Morgan fingerprint density at radius 1 is 1.07 bits per heavy atom. The summed E-state index contributed by atoms with van der Waals surface area (Å²) in [5, 5.41) is 6.62. The molecule has 0 aliphatic rings. The lowest BCUT2D eigenvalue weighted by Crippen LogP contribution is -2.36. The van der Waals surface area contributed by atoms with E-state index in [2.05, 4.69) is 27.5 Å². The van der Waals surface area contributed by atoms with E-state index >= 15 is 0 Å². The quantitative estimate of drug-likeness (QED) is 0.341. The topological polar surface area (TPSA) is 77.0 Å². The molecule has 1 heterocycles. The Kier molecular flexibility index (Phi) is 9.62. The van der Waals surface area contributed by atoms with E-state index in [1.165, 1.54) is 0 Å². The summed E-state index contributed by atoms with van der Waals surface area (Å²) in [5.41, 5.74) is 2.03. The first-order valence-electron chi connectivity index (χ1n) is 10.0. The summed E-state index contributed by atoms with van der Waals surface area (Å²) in [4.78, 5) is 9.03. The van der Waals surface area contributed by atoms with E-state index in [-0.39, 0.29) is 0 Å². The third kappa shape index (κ3) is 7.18. The van der Waals surface area contributed by atoms with Crippen LogP contribution in [-0.2, 0) is 13.1 Å². The smallest absolute Gasteiger partial charge is 0.218 e. The van der Waals surface area contributed by atoms with Gasteiger partial charge in [-0.2, -0.15) is 0 Å². The Bertz CT molecular complexity index is 780. The van der Waals surface area contributed by atoms with Gasteiger partial charge in [0.2, 0.25) is 5.88 Å². The molecule has 0 saturated carbocycles. The number of aromatic nitrogens is 1. The van der Waals surface area contributed by atoms with Gasteiger partial charge in [0.1, 0.15) is 0 Å². The zero-order valence-electron chi connectivity index (χ0n) is 17.8. The minimum Gasteiger partial charge on any atom is -0.493 e. The molecular weight excluding hydrogens is 368 g/mol. The molecule has 0 bridgehead atoms. The lowest BCUT2D eigenvalue weighted by molar-refractivity contribution is 0.294. The molecule has 0 aliphatic carbocycles. The van der Waals surface area contributed by atoms with Gasteiger partial charge >= 0.3 is 0 Å². The Morgan fingerprint density at radius 2 is 1.90 bits per heavy atom. The number of unbranched alkanes of at least 4 members (excludes halogenated alkanes) is 1. The summed E-state index contributed by atoms with van der Waals surface area (Å²) in [6, 6.07) is 9.73. The molecular formula is C22H32N4O3. The number of ether oxygens (including phenoxy) is 3. The fraction of sp³-hybridized carbons (Fsp3) is 0.455. The van der Waals surface area contributed by atoms with Crippen LogP contribution in [0.4, 0.5) is 0 Å². The highest BCUT2D eigenvalue weighted by molar-refractivity contribution is 5.79. The first-order chi connectivity index (χ1) is 14.2. The molecule has 158 valence electrons. The zero-order valence-corrected chi connectivity index (χ0v) is 17.8. The second-order valence-corrected chi connectivity index (χ2v) is 6.41. The first-order valence-corrected chi connectivity index (χ1v) is 10.0. The lowest BCUT2D eigenvalue weighted by Gasteiger charge is -2.14. The normalized spacial score (nSPS) is 11.1. The predicted octanol–water partition coefficient (Wildman–Crippen LogP) is 3.53. The van der Waals surface area contributed by atoms with Gasteiger partial charge in [0.15, 0.2) is 17.5 Å². The first kappa shape index (κ1) is 22.3. The Balaban J connectivity index is 2.03. The SMILES string of the molecule is CCCCOc1ncccc1CNC(=NCc1ccc(OC)c(OC)c1)NCC. The zero-order chi connectivity index (χ0) is 20.9. The maximum absolute atomic E-state index is 5.81. The van der Waals surface area contributed by atoms with Crippen molar-refractivity contribution in [3.8, 4) is 17.4 Å². The van der Waals surface area contributed by atoms with E-state index in [9.17, 15) is 0 Å². The average Bonchev–Trinajstić information content (AvgIpc) is 2.76. The van der Waals surface area contributed by atoms with Gasteiger partial charge in [-0.15, -0.1) is 0 Å². The van der Waals surface area contributed by atoms with Crippen molar-refractivity contribution in [3.05, 3.63) is 47.7 Å². The third-order valence-corrected chi connectivity index (χ3v) is 4.24. The van der Waals surface area contributed by atoms with Crippen LogP contribution in [-0.4, -0.2) is 38.3 Å². The van der Waals surface area contributed by atoms with Crippen LogP contribution >= 0.6 is 0 Å². The number of guanidine groups is 1. The number of pyridine rings is 1. The molecule has 0 spiro atoms. The highest BCUT2D eigenvalue weighted by atomic mass is 16.5. The molecule has 7 heteroatoms. The molecule has 2 rings (SSSR count). The summed E-state index contributed by atoms with van der Waals surface area (Å²) >= 11 is 0. The van der Waals surface area contributed by atoms with Gasteiger partial charge in [0.25, 0.3) is 0 Å². The summed E-state index contributed by atoms with van der Waals surface area (Å²) in [7, 11) is 3.26. The van der Waals surface area contributed by atoms with Crippen molar-refractivity contribution in [2.45, 2.75) is 39.8 Å². The van der Waals surface area contributed by atoms with Gasteiger partial charge < -0.3 is 24.8 Å². The molecule has 0 aliphatic heterocycles. The molecule has 2 aromatic rings. The minimum atomic E-state index is 0.516. The Morgan fingerprint density at radius 3 is 2.62 bits per heavy atom. The summed E-state index contributed by atoms with van der Waals surface area (Å²) < 4.78 is 16.5. The largest absolute Gasteiger partial charge is 0.493 e. The minimum absolute atomic E-state index is 0.516. The molecule has 0 unspecified atom stereocenters. The molecule has 7 nitrogen and oxygen atoms in total. The van der Waals surface area contributed by atoms with Crippen molar-refractivity contribution in [2.75, 3.05) is 27.4 Å². The van der Waals surface area contributed by atoms with E-state index in [4.69, 9.17) is 14.2 Å². The molecule has 1 aromatic carbocycles. The summed E-state index contributed by atoms with van der Waals surface area (Å²) in [6.07, 6.45) is 3.85. The summed E-state index contributed by atoms with van der Waals surface area (Å²) in [5.74, 6) is 2.80. The number of rotatable bonds is 11. The molecule has 0 fully saturated rings. The molecule has 2 N–H and O–H groups in total. The van der Waals surface area contributed by atoms with Crippen LogP contribution in [0.1, 0.15) is 37.8 Å². The molecule has 0 saturated heterocycles. The highest BCUT2D eigenvalue weighted by Crippen LogP contribution is 2.27. The number of methoxy groups -OCH3 is 2. The number of nitrogens with one attached hydrogen (secondary N) is 2. The number of aliphatic imine (C=N–C) groups is 1. The van der Waals surface area contributed by atoms with Crippen molar-refractivity contribution in [3.63, 3.8) is 0 Å². The Hall–Kier alpha value is -2.96. The van der Waals surface area contributed by atoms with Gasteiger partial charge in [-0.1, -0.05) is 25.5 Å².